The van der Waals surface area contributed by atoms with Crippen LogP contribution in [-0.4, -0.2) is 41.5 Å². The summed E-state index contributed by atoms with van der Waals surface area (Å²) in [6.07, 6.45) is 4.82. The third-order valence-electron chi connectivity index (χ3n) is 4.60. The van der Waals surface area contributed by atoms with E-state index in [9.17, 15) is 0 Å². The van der Waals surface area contributed by atoms with Gasteiger partial charge in [-0.25, -0.2) is 4.98 Å². The van der Waals surface area contributed by atoms with E-state index in [1.54, 1.807) is 0 Å². The van der Waals surface area contributed by atoms with Crippen molar-refractivity contribution in [3.63, 3.8) is 0 Å². The van der Waals surface area contributed by atoms with Crippen LogP contribution in [0, 0.1) is 6.92 Å². The fourth-order valence-corrected chi connectivity index (χ4v) is 3.51. The topological polar surface area (TPSA) is 39.5 Å². The van der Waals surface area contributed by atoms with E-state index in [1.807, 2.05) is 19.3 Å². The minimum Gasteiger partial charge on any atom is -0.487 e. The SMILES string of the molecule is Cc1nccn1-c1cc2c(cc1N1CCOCC1)OC(C)(C)C2. The van der Waals surface area contributed by atoms with Crippen LogP contribution in [0.15, 0.2) is 24.5 Å². The van der Waals surface area contributed by atoms with Crippen LogP contribution < -0.4 is 9.64 Å². The lowest BCUT2D eigenvalue weighted by molar-refractivity contribution is 0.122. The van der Waals surface area contributed by atoms with Crippen LogP contribution >= 0.6 is 0 Å². The van der Waals surface area contributed by atoms with Crippen molar-refractivity contribution in [1.29, 1.82) is 0 Å². The number of rotatable bonds is 2. The van der Waals surface area contributed by atoms with Crippen molar-refractivity contribution in [1.82, 2.24) is 9.55 Å². The zero-order chi connectivity index (χ0) is 16.0. The van der Waals surface area contributed by atoms with E-state index >= 15 is 0 Å². The van der Waals surface area contributed by atoms with Gasteiger partial charge >= 0.3 is 0 Å². The first-order chi connectivity index (χ1) is 11.0. The van der Waals surface area contributed by atoms with E-state index in [1.165, 1.54) is 16.9 Å². The average molecular weight is 313 g/mol. The number of benzene rings is 1. The van der Waals surface area contributed by atoms with E-state index in [4.69, 9.17) is 9.47 Å². The molecule has 1 saturated heterocycles. The monoisotopic (exact) mass is 313 g/mol. The highest BCUT2D eigenvalue weighted by Crippen LogP contribution is 2.41. The first-order valence-electron chi connectivity index (χ1n) is 8.22. The van der Waals surface area contributed by atoms with Crippen LogP contribution in [0.25, 0.3) is 5.69 Å². The first-order valence-corrected chi connectivity index (χ1v) is 8.22. The Morgan fingerprint density at radius 1 is 1.13 bits per heavy atom. The predicted octanol–water partition coefficient (Wildman–Crippen LogP) is 2.73. The van der Waals surface area contributed by atoms with Gasteiger partial charge in [0.05, 0.1) is 24.6 Å². The summed E-state index contributed by atoms with van der Waals surface area (Å²) in [6.45, 7) is 9.67. The molecule has 0 amide bonds. The van der Waals surface area contributed by atoms with Crippen molar-refractivity contribution in [3.8, 4) is 11.4 Å². The third-order valence-corrected chi connectivity index (χ3v) is 4.60. The minimum absolute atomic E-state index is 0.132. The van der Waals surface area contributed by atoms with Gasteiger partial charge in [-0.3, -0.25) is 0 Å². The van der Waals surface area contributed by atoms with E-state index in [0.29, 0.717) is 0 Å². The van der Waals surface area contributed by atoms with Gasteiger partial charge in [-0.05, 0) is 26.8 Å². The Balaban J connectivity index is 1.84. The Hall–Kier alpha value is -2.01. The molecule has 122 valence electrons. The summed E-state index contributed by atoms with van der Waals surface area (Å²) in [6, 6.07) is 4.47. The molecule has 0 bridgehead atoms. The molecule has 0 atom stereocenters. The van der Waals surface area contributed by atoms with Gasteiger partial charge in [0.15, 0.2) is 0 Å². The Morgan fingerprint density at radius 2 is 1.91 bits per heavy atom. The van der Waals surface area contributed by atoms with Gasteiger partial charge in [-0.2, -0.15) is 0 Å². The van der Waals surface area contributed by atoms with Crippen molar-refractivity contribution in [2.24, 2.45) is 0 Å². The van der Waals surface area contributed by atoms with Gasteiger partial charge in [0.1, 0.15) is 17.2 Å². The number of ether oxygens (including phenoxy) is 2. The van der Waals surface area contributed by atoms with Crippen molar-refractivity contribution in [2.45, 2.75) is 32.8 Å². The van der Waals surface area contributed by atoms with Gasteiger partial charge in [-0.1, -0.05) is 0 Å². The standard InChI is InChI=1S/C18H23N3O2/c1-13-19-4-5-21(13)16-10-14-12-18(2,3)23-17(14)11-15(16)20-6-8-22-9-7-20/h4-5,10-11H,6-9,12H2,1-3H3. The molecule has 0 N–H and O–H groups in total. The van der Waals surface area contributed by atoms with Crippen LogP contribution in [0.5, 0.6) is 5.75 Å². The molecule has 4 rings (SSSR count). The maximum Gasteiger partial charge on any atom is 0.125 e. The summed E-state index contributed by atoms with van der Waals surface area (Å²) >= 11 is 0. The molecule has 1 aromatic carbocycles. The molecule has 1 aromatic heterocycles. The Labute approximate surface area is 136 Å². The molecule has 23 heavy (non-hydrogen) atoms. The van der Waals surface area contributed by atoms with E-state index in [2.05, 4.69) is 40.4 Å². The zero-order valence-electron chi connectivity index (χ0n) is 14.0. The number of imidazole rings is 1. The van der Waals surface area contributed by atoms with Gasteiger partial charge in [0.25, 0.3) is 0 Å². The number of hydrogen-bond donors (Lipinski definition) is 0. The molecule has 0 unspecified atom stereocenters. The van der Waals surface area contributed by atoms with Crippen molar-refractivity contribution in [2.75, 3.05) is 31.2 Å². The molecule has 3 heterocycles. The molecule has 5 nitrogen and oxygen atoms in total. The first kappa shape index (κ1) is 14.6. The van der Waals surface area contributed by atoms with Gasteiger partial charge in [-0.15, -0.1) is 0 Å². The number of anilines is 1. The summed E-state index contributed by atoms with van der Waals surface area (Å²) in [5.41, 5.74) is 3.52. The molecule has 0 aliphatic carbocycles. The second-order valence-electron chi connectivity index (χ2n) is 6.93. The molecule has 5 heteroatoms. The highest BCUT2D eigenvalue weighted by molar-refractivity contribution is 5.69. The fraction of sp³-hybridized carbons (Fsp3) is 0.500. The summed E-state index contributed by atoms with van der Waals surface area (Å²) in [7, 11) is 0. The lowest BCUT2D eigenvalue weighted by Gasteiger charge is -2.31. The molecule has 2 aliphatic heterocycles. The van der Waals surface area contributed by atoms with Gasteiger partial charge < -0.3 is 18.9 Å². The average Bonchev–Trinajstić information content (AvgIpc) is 3.07. The van der Waals surface area contributed by atoms with E-state index in [-0.39, 0.29) is 5.60 Å². The number of aryl methyl sites for hydroxylation is 1. The second-order valence-corrected chi connectivity index (χ2v) is 6.93. The van der Waals surface area contributed by atoms with E-state index < -0.39 is 0 Å². The van der Waals surface area contributed by atoms with Crippen LogP contribution in [-0.2, 0) is 11.2 Å². The van der Waals surface area contributed by atoms with Crippen molar-refractivity contribution < 1.29 is 9.47 Å². The highest BCUT2D eigenvalue weighted by atomic mass is 16.5. The molecule has 1 fully saturated rings. The van der Waals surface area contributed by atoms with Crippen molar-refractivity contribution in [3.05, 3.63) is 35.9 Å². The van der Waals surface area contributed by atoms with Crippen LogP contribution in [0.3, 0.4) is 0 Å². The largest absolute Gasteiger partial charge is 0.487 e. The maximum atomic E-state index is 6.15. The molecule has 0 radical (unpaired) electrons. The zero-order valence-corrected chi connectivity index (χ0v) is 14.0. The quantitative estimate of drug-likeness (QED) is 0.855. The van der Waals surface area contributed by atoms with Crippen LogP contribution in [0.4, 0.5) is 5.69 Å². The molecular weight excluding hydrogens is 290 g/mol. The second kappa shape index (κ2) is 5.27. The Kier molecular flexibility index (Phi) is 3.34. The Bertz CT molecular complexity index is 730. The number of aromatic nitrogens is 2. The molecule has 2 aliphatic rings. The van der Waals surface area contributed by atoms with Gasteiger partial charge in [0.2, 0.25) is 0 Å². The molecule has 0 saturated carbocycles. The predicted molar refractivity (Wildman–Crippen MR) is 89.7 cm³/mol. The van der Waals surface area contributed by atoms with Crippen LogP contribution in [0.2, 0.25) is 0 Å². The van der Waals surface area contributed by atoms with Crippen LogP contribution in [0.1, 0.15) is 25.2 Å². The third kappa shape index (κ3) is 2.59. The fourth-order valence-electron chi connectivity index (χ4n) is 3.51. The lowest BCUT2D eigenvalue weighted by atomic mass is 10.0. The normalized spacial score (nSPS) is 19.5. The molecule has 2 aromatic rings. The smallest absolute Gasteiger partial charge is 0.125 e. The summed E-state index contributed by atoms with van der Waals surface area (Å²) in [5, 5.41) is 0. The number of hydrogen-bond acceptors (Lipinski definition) is 4. The number of nitrogens with zero attached hydrogens (tertiary/aromatic N) is 3. The lowest BCUT2D eigenvalue weighted by Crippen LogP contribution is -2.36. The number of fused-ring (bicyclic) bond motifs is 1. The maximum absolute atomic E-state index is 6.15. The highest BCUT2D eigenvalue weighted by Gasteiger charge is 2.32. The molecule has 0 spiro atoms. The summed E-state index contributed by atoms with van der Waals surface area (Å²) < 4.78 is 13.8. The number of morpholine rings is 1. The van der Waals surface area contributed by atoms with Crippen molar-refractivity contribution >= 4 is 5.69 Å². The minimum atomic E-state index is -0.132. The van der Waals surface area contributed by atoms with Gasteiger partial charge in [0, 0.05) is 43.5 Å². The molecular formula is C18H23N3O2. The summed E-state index contributed by atoms with van der Waals surface area (Å²) in [5.74, 6) is 2.01. The summed E-state index contributed by atoms with van der Waals surface area (Å²) in [4.78, 5) is 6.77. The Morgan fingerprint density at radius 3 is 2.61 bits per heavy atom. The van der Waals surface area contributed by atoms with E-state index in [0.717, 1.165) is 44.3 Å².